The molecule has 25 heavy (non-hydrogen) atoms. The fourth-order valence-corrected chi connectivity index (χ4v) is 2.73. The Bertz CT molecular complexity index is 625. The third kappa shape index (κ3) is 7.42. The van der Waals surface area contributed by atoms with Crippen LogP contribution < -0.4 is 10.1 Å². The van der Waals surface area contributed by atoms with Gasteiger partial charge in [-0.2, -0.15) is 0 Å². The maximum absolute atomic E-state index is 12.2. The van der Waals surface area contributed by atoms with Crippen LogP contribution in [0.15, 0.2) is 54.6 Å². The third-order valence-electron chi connectivity index (χ3n) is 4.14. The summed E-state index contributed by atoms with van der Waals surface area (Å²) in [7, 11) is 0. The number of hydrogen-bond donors (Lipinski definition) is 1. The molecule has 0 aliphatic carbocycles. The number of hydrogen-bond acceptors (Lipinski definition) is 2. The van der Waals surface area contributed by atoms with Crippen LogP contribution in [0.25, 0.3) is 0 Å². The van der Waals surface area contributed by atoms with Crippen molar-refractivity contribution in [2.75, 3.05) is 5.32 Å². The van der Waals surface area contributed by atoms with E-state index in [1.807, 2.05) is 54.6 Å². The van der Waals surface area contributed by atoms with Crippen molar-refractivity contribution in [3.05, 3.63) is 54.6 Å². The number of unbranched alkanes of at least 4 members (excludes halogenated alkanes) is 6. The van der Waals surface area contributed by atoms with Crippen molar-refractivity contribution in [3.63, 3.8) is 0 Å². The van der Waals surface area contributed by atoms with Gasteiger partial charge in [0.05, 0.1) is 5.69 Å². The first-order valence-corrected chi connectivity index (χ1v) is 9.41. The molecule has 0 radical (unpaired) electrons. The van der Waals surface area contributed by atoms with E-state index in [2.05, 4.69) is 12.2 Å². The van der Waals surface area contributed by atoms with Gasteiger partial charge in [-0.1, -0.05) is 75.8 Å². The van der Waals surface area contributed by atoms with Gasteiger partial charge in [-0.25, -0.2) is 0 Å². The zero-order valence-electron chi connectivity index (χ0n) is 15.2. The summed E-state index contributed by atoms with van der Waals surface area (Å²) in [6.45, 7) is 2.23. The zero-order chi connectivity index (χ0) is 17.7. The summed E-state index contributed by atoms with van der Waals surface area (Å²) in [6.07, 6.45) is 9.04. The number of rotatable bonds is 11. The largest absolute Gasteiger partial charge is 0.455 e. The molecule has 0 saturated heterocycles. The molecule has 2 aromatic carbocycles. The fourth-order valence-electron chi connectivity index (χ4n) is 2.73. The highest BCUT2D eigenvalue weighted by Gasteiger charge is 2.08. The van der Waals surface area contributed by atoms with Gasteiger partial charge in [-0.3, -0.25) is 4.79 Å². The smallest absolute Gasteiger partial charge is 0.224 e. The van der Waals surface area contributed by atoms with E-state index < -0.39 is 0 Å². The lowest BCUT2D eigenvalue weighted by Crippen LogP contribution is -2.11. The lowest BCUT2D eigenvalue weighted by molar-refractivity contribution is -0.116. The van der Waals surface area contributed by atoms with Gasteiger partial charge < -0.3 is 10.1 Å². The molecule has 0 atom stereocenters. The van der Waals surface area contributed by atoms with Crippen LogP contribution >= 0.6 is 0 Å². The Balaban J connectivity index is 1.77. The summed E-state index contributed by atoms with van der Waals surface area (Å²) >= 11 is 0. The highest BCUT2D eigenvalue weighted by Crippen LogP contribution is 2.29. The number of anilines is 1. The maximum Gasteiger partial charge on any atom is 0.224 e. The van der Waals surface area contributed by atoms with Gasteiger partial charge in [-0.05, 0) is 30.7 Å². The molecule has 0 aromatic heterocycles. The molecule has 0 bridgehead atoms. The average Bonchev–Trinajstić information content (AvgIpc) is 2.63. The summed E-state index contributed by atoms with van der Waals surface area (Å²) < 4.78 is 5.88. The van der Waals surface area contributed by atoms with Crippen LogP contribution in [0.3, 0.4) is 0 Å². The summed E-state index contributed by atoms with van der Waals surface area (Å²) in [5, 5.41) is 2.98. The second-order valence-corrected chi connectivity index (χ2v) is 6.33. The van der Waals surface area contributed by atoms with E-state index >= 15 is 0 Å². The average molecular weight is 339 g/mol. The number of carbonyl (C=O) groups excluding carboxylic acids is 1. The topological polar surface area (TPSA) is 38.3 Å². The SMILES string of the molecule is CCCCCCCCCC(=O)Nc1ccccc1Oc1ccccc1. The molecule has 2 rings (SSSR count). The van der Waals surface area contributed by atoms with Crippen LogP contribution in [0.5, 0.6) is 11.5 Å². The van der Waals surface area contributed by atoms with Crippen molar-refractivity contribution >= 4 is 11.6 Å². The molecule has 0 spiro atoms. The summed E-state index contributed by atoms with van der Waals surface area (Å²) in [6, 6.07) is 17.2. The number of ether oxygens (including phenoxy) is 1. The molecule has 0 fully saturated rings. The molecule has 1 N–H and O–H groups in total. The van der Waals surface area contributed by atoms with Crippen LogP contribution in [-0.2, 0) is 4.79 Å². The Hall–Kier alpha value is -2.29. The Labute approximate surface area is 151 Å². The molecule has 3 heteroatoms. The van der Waals surface area contributed by atoms with E-state index in [0.717, 1.165) is 24.3 Å². The van der Waals surface area contributed by atoms with Crippen molar-refractivity contribution in [2.24, 2.45) is 0 Å². The highest BCUT2D eigenvalue weighted by molar-refractivity contribution is 5.92. The highest BCUT2D eigenvalue weighted by atomic mass is 16.5. The fraction of sp³-hybridized carbons (Fsp3) is 0.409. The maximum atomic E-state index is 12.2. The van der Waals surface area contributed by atoms with E-state index in [4.69, 9.17) is 4.74 Å². The minimum atomic E-state index is 0.0534. The first-order valence-electron chi connectivity index (χ1n) is 9.41. The minimum Gasteiger partial charge on any atom is -0.455 e. The molecule has 3 nitrogen and oxygen atoms in total. The number of amides is 1. The predicted molar refractivity (Wildman–Crippen MR) is 104 cm³/mol. The summed E-state index contributed by atoms with van der Waals surface area (Å²) in [5.74, 6) is 1.48. The van der Waals surface area contributed by atoms with Gasteiger partial charge >= 0.3 is 0 Å². The first-order chi connectivity index (χ1) is 12.3. The predicted octanol–water partition coefficient (Wildman–Crippen LogP) is 6.56. The van der Waals surface area contributed by atoms with Crippen molar-refractivity contribution in [1.29, 1.82) is 0 Å². The van der Waals surface area contributed by atoms with Crippen LogP contribution in [-0.4, -0.2) is 5.91 Å². The van der Waals surface area contributed by atoms with Crippen LogP contribution in [0.4, 0.5) is 5.69 Å². The zero-order valence-corrected chi connectivity index (χ0v) is 15.2. The monoisotopic (exact) mass is 339 g/mol. The quantitative estimate of drug-likeness (QED) is 0.471. The molecule has 0 heterocycles. The number of benzene rings is 2. The van der Waals surface area contributed by atoms with Gasteiger partial charge in [0.15, 0.2) is 5.75 Å². The minimum absolute atomic E-state index is 0.0534. The van der Waals surface area contributed by atoms with Gasteiger partial charge in [-0.15, -0.1) is 0 Å². The molecule has 0 unspecified atom stereocenters. The lowest BCUT2D eigenvalue weighted by Gasteiger charge is -2.12. The van der Waals surface area contributed by atoms with Crippen LogP contribution in [0.1, 0.15) is 58.3 Å². The molecule has 0 saturated carbocycles. The van der Waals surface area contributed by atoms with Gasteiger partial charge in [0.1, 0.15) is 5.75 Å². The van der Waals surface area contributed by atoms with Crippen LogP contribution in [0.2, 0.25) is 0 Å². The van der Waals surface area contributed by atoms with Crippen molar-refractivity contribution in [1.82, 2.24) is 0 Å². The van der Waals surface area contributed by atoms with Crippen LogP contribution in [0, 0.1) is 0 Å². The summed E-state index contributed by atoms with van der Waals surface area (Å²) in [5.41, 5.74) is 0.722. The van der Waals surface area contributed by atoms with Crippen molar-refractivity contribution in [3.8, 4) is 11.5 Å². The molecule has 0 aliphatic rings. The second kappa shape index (κ2) is 11.3. The van der Waals surface area contributed by atoms with E-state index in [9.17, 15) is 4.79 Å². The second-order valence-electron chi connectivity index (χ2n) is 6.33. The van der Waals surface area contributed by atoms with Crippen molar-refractivity contribution in [2.45, 2.75) is 58.3 Å². The Morgan fingerprint density at radius 1 is 0.840 bits per heavy atom. The number of nitrogens with one attached hydrogen (secondary N) is 1. The standard InChI is InChI=1S/C22H29NO2/c1-2-3-4-5-6-7-11-18-22(24)23-20-16-12-13-17-21(20)25-19-14-9-8-10-15-19/h8-10,12-17H,2-7,11,18H2,1H3,(H,23,24). The molecule has 2 aromatic rings. The number of carbonyl (C=O) groups is 1. The van der Waals surface area contributed by atoms with E-state index in [1.54, 1.807) is 0 Å². The summed E-state index contributed by atoms with van der Waals surface area (Å²) in [4.78, 5) is 12.2. The Kier molecular flexibility index (Phi) is 8.60. The molecule has 1 amide bonds. The molecule has 134 valence electrons. The lowest BCUT2D eigenvalue weighted by atomic mass is 10.1. The van der Waals surface area contributed by atoms with Gasteiger partial charge in [0.25, 0.3) is 0 Å². The van der Waals surface area contributed by atoms with Crippen molar-refractivity contribution < 1.29 is 9.53 Å². The first kappa shape index (κ1) is 19.0. The normalized spacial score (nSPS) is 10.4. The van der Waals surface area contributed by atoms with E-state index in [0.29, 0.717) is 12.2 Å². The number of para-hydroxylation sites is 3. The molecular formula is C22H29NO2. The molecular weight excluding hydrogens is 310 g/mol. The Morgan fingerprint density at radius 3 is 2.24 bits per heavy atom. The Morgan fingerprint density at radius 2 is 1.48 bits per heavy atom. The molecule has 0 aliphatic heterocycles. The van der Waals surface area contributed by atoms with E-state index in [-0.39, 0.29) is 5.91 Å². The third-order valence-corrected chi connectivity index (χ3v) is 4.14. The van der Waals surface area contributed by atoms with Gasteiger partial charge in [0, 0.05) is 6.42 Å². The van der Waals surface area contributed by atoms with E-state index in [1.165, 1.54) is 32.1 Å². The van der Waals surface area contributed by atoms with Gasteiger partial charge in [0.2, 0.25) is 5.91 Å².